The van der Waals surface area contributed by atoms with Crippen molar-refractivity contribution in [1.82, 2.24) is 15.7 Å². The maximum atomic E-state index is 12.4. The first-order chi connectivity index (χ1) is 18.9. The molecular weight excluding hydrogens is 669 g/mol. The minimum absolute atomic E-state index is 0.0178. The zero-order chi connectivity index (χ0) is 31.2. The summed E-state index contributed by atoms with van der Waals surface area (Å²) in [7, 11) is -30.2. The Balaban J connectivity index is 2.31. The summed E-state index contributed by atoms with van der Waals surface area (Å²) in [6.45, 7) is 3.94. The van der Waals surface area contributed by atoms with E-state index in [-0.39, 0.29) is 27.3 Å². The first-order valence-electron chi connectivity index (χ1n) is 11.2. The molecule has 0 bridgehead atoms. The molecular formula is C18H24N6O11S6. The van der Waals surface area contributed by atoms with Gasteiger partial charge >= 0.3 is 38.8 Å². The van der Waals surface area contributed by atoms with Crippen molar-refractivity contribution in [2.75, 3.05) is 10.1 Å². The number of carbonyl (C=O) groups is 1. The van der Waals surface area contributed by atoms with Crippen LogP contribution < -0.4 is 20.9 Å². The number of aromatic nitrogens is 1. The van der Waals surface area contributed by atoms with Gasteiger partial charge < -0.3 is 5.32 Å². The molecule has 17 nitrogen and oxygen atoms in total. The number of unbranched alkanes of at least 4 members (excludes halogenated alkanes) is 1. The Hall–Kier alpha value is -2.88. The SMILES string of the molecule is CCCCC(CC)NC(=O)NNc1nc(-c2cccc(NS(=O)(=O)S(=O)(=O)S(=O)(=O)S(=O)(=O)S(=O)O)c2)c(C#N)s1. The molecule has 2 aromatic rings. The number of benzene rings is 1. The number of urea groups is 1. The number of carbonyl (C=O) groups excluding carboxylic acids is 1. The van der Waals surface area contributed by atoms with Gasteiger partial charge in [0.05, 0.1) is 5.69 Å². The molecule has 0 spiro atoms. The molecule has 23 heteroatoms. The second-order valence-corrected chi connectivity index (χ2v) is 24.8. The second kappa shape index (κ2) is 13.4. The van der Waals surface area contributed by atoms with Gasteiger partial charge in [0.25, 0.3) is 10.1 Å². The molecule has 0 fully saturated rings. The number of nitrogens with one attached hydrogen (secondary N) is 4. The molecule has 0 radical (unpaired) electrons. The van der Waals surface area contributed by atoms with Crippen LogP contribution in [0.2, 0.25) is 0 Å². The van der Waals surface area contributed by atoms with Gasteiger partial charge in [-0.2, -0.15) is 38.9 Å². The molecule has 0 aliphatic heterocycles. The van der Waals surface area contributed by atoms with Gasteiger partial charge in [-0.3, -0.25) is 14.7 Å². The second-order valence-electron chi connectivity index (χ2n) is 7.86. The Kier molecular flexibility index (Phi) is 11.2. The molecule has 41 heavy (non-hydrogen) atoms. The fourth-order valence-electron chi connectivity index (χ4n) is 3.01. The van der Waals surface area contributed by atoms with Crippen molar-refractivity contribution < 1.29 is 47.2 Å². The van der Waals surface area contributed by atoms with Crippen molar-refractivity contribution in [2.45, 2.75) is 45.6 Å². The summed E-state index contributed by atoms with van der Waals surface area (Å²) in [6, 6.07) is 5.68. The van der Waals surface area contributed by atoms with Crippen LogP contribution in [0.3, 0.4) is 0 Å². The van der Waals surface area contributed by atoms with E-state index in [0.29, 0.717) is 6.42 Å². The molecule has 2 atom stereocenters. The third-order valence-corrected chi connectivity index (χ3v) is 24.9. The van der Waals surface area contributed by atoms with E-state index in [0.717, 1.165) is 42.7 Å². The Morgan fingerprint density at radius 3 is 2.34 bits per heavy atom. The maximum absolute atomic E-state index is 12.4. The van der Waals surface area contributed by atoms with E-state index < -0.39 is 54.6 Å². The number of anilines is 2. The van der Waals surface area contributed by atoms with Gasteiger partial charge in [0, 0.05) is 11.6 Å². The van der Waals surface area contributed by atoms with E-state index in [2.05, 4.69) is 21.2 Å². The van der Waals surface area contributed by atoms with E-state index in [9.17, 15) is 47.9 Å². The Morgan fingerprint density at radius 2 is 1.78 bits per heavy atom. The van der Waals surface area contributed by atoms with Gasteiger partial charge in [0.15, 0.2) is 0 Å². The van der Waals surface area contributed by atoms with Crippen molar-refractivity contribution in [1.29, 1.82) is 5.26 Å². The van der Waals surface area contributed by atoms with Crippen LogP contribution >= 0.6 is 11.3 Å². The number of nitrogens with zero attached hydrogens (tertiary/aromatic N) is 2. The first-order valence-corrected chi connectivity index (χ1v) is 21.1. The molecule has 228 valence electrons. The fourth-order valence-corrected chi connectivity index (χ4v) is 20.7. The third-order valence-electron chi connectivity index (χ3n) is 5.07. The molecule has 0 saturated carbocycles. The average Bonchev–Trinajstić information content (AvgIpc) is 3.32. The lowest BCUT2D eigenvalue weighted by Gasteiger charge is -2.17. The zero-order valence-corrected chi connectivity index (χ0v) is 26.0. The Morgan fingerprint density at radius 1 is 1.12 bits per heavy atom. The van der Waals surface area contributed by atoms with Crippen LogP contribution in [0, 0.1) is 11.3 Å². The summed E-state index contributed by atoms with van der Waals surface area (Å²) in [4.78, 5) is 16.4. The highest BCUT2D eigenvalue weighted by molar-refractivity contribution is 9.24. The summed E-state index contributed by atoms with van der Waals surface area (Å²) < 4.78 is 117. The summed E-state index contributed by atoms with van der Waals surface area (Å²) in [5, 5.41) is 12.3. The summed E-state index contributed by atoms with van der Waals surface area (Å²) in [5.74, 6) is 0. The molecule has 2 amide bonds. The molecule has 1 aromatic carbocycles. The average molecular weight is 693 g/mol. The highest BCUT2D eigenvalue weighted by Crippen LogP contribution is 2.32. The highest BCUT2D eigenvalue weighted by atomic mass is 33.9. The van der Waals surface area contributed by atoms with Gasteiger partial charge in [-0.1, -0.05) is 50.2 Å². The van der Waals surface area contributed by atoms with Crippen LogP contribution in [-0.4, -0.2) is 59.5 Å². The van der Waals surface area contributed by atoms with Crippen LogP contribution in [-0.2, 0) is 42.9 Å². The van der Waals surface area contributed by atoms with Crippen molar-refractivity contribution in [3.63, 3.8) is 0 Å². The molecule has 0 aliphatic rings. The van der Waals surface area contributed by atoms with Crippen LogP contribution in [0.4, 0.5) is 15.6 Å². The van der Waals surface area contributed by atoms with Crippen LogP contribution in [0.15, 0.2) is 24.3 Å². The van der Waals surface area contributed by atoms with Crippen LogP contribution in [0.25, 0.3) is 11.3 Å². The number of hydrazine groups is 1. The Bertz CT molecular complexity index is 1800. The predicted octanol–water partition coefficient (Wildman–Crippen LogP) is 1.14. The molecule has 2 unspecified atom stereocenters. The Labute approximate surface area is 240 Å². The smallest absolute Gasteiger partial charge is 0.334 e. The minimum atomic E-state index is -6.77. The number of hydrogen-bond donors (Lipinski definition) is 5. The van der Waals surface area contributed by atoms with Crippen LogP contribution in [0.1, 0.15) is 44.4 Å². The van der Waals surface area contributed by atoms with E-state index in [4.69, 9.17) is 4.55 Å². The van der Waals surface area contributed by atoms with E-state index in [1.54, 1.807) is 0 Å². The quantitative estimate of drug-likeness (QED) is 0.106. The lowest BCUT2D eigenvalue weighted by molar-refractivity contribution is 0.237. The monoisotopic (exact) mass is 692 g/mol. The maximum Gasteiger partial charge on any atom is 0.390 e. The van der Waals surface area contributed by atoms with Crippen molar-refractivity contribution in [3.8, 4) is 17.3 Å². The lowest BCUT2D eigenvalue weighted by Crippen LogP contribution is -2.44. The van der Waals surface area contributed by atoms with E-state index >= 15 is 0 Å². The highest BCUT2D eigenvalue weighted by Gasteiger charge is 2.54. The van der Waals surface area contributed by atoms with Gasteiger partial charge in [-0.25, -0.2) is 19.4 Å². The number of hydrogen-bond acceptors (Lipinski definition) is 14. The standard InChI is InChI=1S/C18H24N6O11S6/c1-3-5-8-13(4-2)20-17(25)22-23-18-21-16(15(11-19)36-18)12-7-6-9-14(10-12)24-38(28,29)40(32,33)41(34,35)39(30,31)37(26)27/h6-7,9-10,13,24H,3-5,8H2,1-2H3,(H,21,23)(H,26,27)(H2,20,22,25). The molecule has 1 aromatic heterocycles. The summed E-state index contributed by atoms with van der Waals surface area (Å²) in [6.07, 6.45) is 3.37. The summed E-state index contributed by atoms with van der Waals surface area (Å²) >= 11 is 0.808. The fraction of sp³-hybridized carbons (Fsp3) is 0.389. The van der Waals surface area contributed by atoms with E-state index in [1.165, 1.54) is 16.9 Å². The molecule has 0 aliphatic carbocycles. The molecule has 1 heterocycles. The van der Waals surface area contributed by atoms with Gasteiger partial charge in [-0.05, 0) is 25.0 Å². The molecule has 2 rings (SSSR count). The van der Waals surface area contributed by atoms with Crippen molar-refractivity contribution in [3.05, 3.63) is 29.1 Å². The molecule has 5 N–H and O–H groups in total. The molecule has 0 saturated heterocycles. The van der Waals surface area contributed by atoms with Crippen molar-refractivity contribution in [2.24, 2.45) is 0 Å². The summed E-state index contributed by atoms with van der Waals surface area (Å²) in [5.41, 5.74) is 4.33. The topological polar surface area (TPSA) is 276 Å². The number of amides is 2. The van der Waals surface area contributed by atoms with E-state index in [1.807, 2.05) is 19.9 Å². The van der Waals surface area contributed by atoms with Gasteiger partial charge in [0.1, 0.15) is 16.6 Å². The predicted molar refractivity (Wildman–Crippen MR) is 151 cm³/mol. The zero-order valence-electron chi connectivity index (χ0n) is 21.1. The number of nitriles is 1. The normalized spacial score (nSPS) is 13.9. The minimum Gasteiger partial charge on any atom is -0.334 e. The van der Waals surface area contributed by atoms with Crippen LogP contribution in [0.5, 0.6) is 0 Å². The van der Waals surface area contributed by atoms with Gasteiger partial charge in [0.2, 0.25) is 5.13 Å². The number of rotatable bonds is 14. The largest absolute Gasteiger partial charge is 0.390 e. The van der Waals surface area contributed by atoms with Gasteiger partial charge in [-0.15, -0.1) is 0 Å². The number of thiazole rings is 1. The lowest BCUT2D eigenvalue weighted by atomic mass is 10.1. The first kappa shape index (κ1) is 34.3. The third kappa shape index (κ3) is 7.50. The van der Waals surface area contributed by atoms with Crippen molar-refractivity contribution >= 4 is 71.1 Å².